The van der Waals surface area contributed by atoms with Crippen LogP contribution >= 0.6 is 31.9 Å². The van der Waals surface area contributed by atoms with Crippen molar-refractivity contribution in [2.75, 3.05) is 0 Å². The number of hydrogen-bond acceptors (Lipinski definition) is 1. The lowest BCUT2D eigenvalue weighted by atomic mass is 10.1. The summed E-state index contributed by atoms with van der Waals surface area (Å²) in [5.41, 5.74) is 3.57. The van der Waals surface area contributed by atoms with Crippen LogP contribution < -0.4 is 0 Å². The van der Waals surface area contributed by atoms with Gasteiger partial charge >= 0.3 is 0 Å². The van der Waals surface area contributed by atoms with Gasteiger partial charge in [-0.1, -0.05) is 29.8 Å². The SMILES string of the molecule is Cc1cccc(-c2cnc(Br)c(Br)c2)c1. The Morgan fingerprint density at radius 3 is 2.53 bits per heavy atom. The summed E-state index contributed by atoms with van der Waals surface area (Å²) in [6, 6.07) is 10.4. The molecule has 0 amide bonds. The molecule has 2 rings (SSSR count). The molecule has 0 aliphatic carbocycles. The van der Waals surface area contributed by atoms with Crippen LogP contribution in [0.2, 0.25) is 0 Å². The first-order chi connectivity index (χ1) is 7.16. The smallest absolute Gasteiger partial charge is 0.120 e. The summed E-state index contributed by atoms with van der Waals surface area (Å²) < 4.78 is 1.81. The number of halogens is 2. The molecule has 0 unspecified atom stereocenters. The van der Waals surface area contributed by atoms with E-state index in [1.54, 1.807) is 0 Å². The van der Waals surface area contributed by atoms with Crippen LogP contribution in [0.3, 0.4) is 0 Å². The molecule has 2 aromatic rings. The predicted molar refractivity (Wildman–Crippen MR) is 69.8 cm³/mol. The van der Waals surface area contributed by atoms with Crippen molar-refractivity contribution in [2.24, 2.45) is 0 Å². The quantitative estimate of drug-likeness (QED) is 0.699. The van der Waals surface area contributed by atoms with Crippen LogP contribution in [0, 0.1) is 6.92 Å². The molecular formula is C12H9Br2N. The third-order valence-corrected chi connectivity index (χ3v) is 3.92. The second-order valence-corrected chi connectivity index (χ2v) is 4.97. The summed E-state index contributed by atoms with van der Waals surface area (Å²) in [7, 11) is 0. The average Bonchev–Trinajstić information content (AvgIpc) is 2.22. The lowest BCUT2D eigenvalue weighted by Gasteiger charge is -2.03. The molecular weight excluding hydrogens is 318 g/mol. The number of pyridine rings is 1. The van der Waals surface area contributed by atoms with E-state index in [0.29, 0.717) is 0 Å². The number of aryl methyl sites for hydroxylation is 1. The van der Waals surface area contributed by atoms with Crippen LogP contribution in [-0.4, -0.2) is 4.98 Å². The molecule has 0 radical (unpaired) electrons. The van der Waals surface area contributed by atoms with Gasteiger partial charge in [-0.3, -0.25) is 0 Å². The second-order valence-electron chi connectivity index (χ2n) is 3.37. The summed E-state index contributed by atoms with van der Waals surface area (Å²) in [6.07, 6.45) is 1.86. The lowest BCUT2D eigenvalue weighted by Crippen LogP contribution is -1.83. The van der Waals surface area contributed by atoms with Gasteiger partial charge < -0.3 is 0 Å². The summed E-state index contributed by atoms with van der Waals surface area (Å²) in [4.78, 5) is 4.25. The van der Waals surface area contributed by atoms with Crippen molar-refractivity contribution in [1.29, 1.82) is 0 Å². The van der Waals surface area contributed by atoms with Crippen LogP contribution in [0.5, 0.6) is 0 Å². The molecule has 76 valence electrons. The molecule has 0 fully saturated rings. The minimum absolute atomic E-state index is 0.832. The maximum absolute atomic E-state index is 4.25. The largest absolute Gasteiger partial charge is 0.248 e. The summed E-state index contributed by atoms with van der Waals surface area (Å²) >= 11 is 6.81. The van der Waals surface area contributed by atoms with E-state index in [1.165, 1.54) is 11.1 Å². The van der Waals surface area contributed by atoms with Crippen LogP contribution in [-0.2, 0) is 0 Å². The van der Waals surface area contributed by atoms with Crippen molar-refractivity contribution in [3.05, 3.63) is 51.2 Å². The van der Waals surface area contributed by atoms with Gasteiger partial charge in [0, 0.05) is 11.8 Å². The zero-order valence-electron chi connectivity index (χ0n) is 8.17. The van der Waals surface area contributed by atoms with Crippen molar-refractivity contribution in [1.82, 2.24) is 4.98 Å². The second kappa shape index (κ2) is 4.45. The normalized spacial score (nSPS) is 10.3. The number of benzene rings is 1. The van der Waals surface area contributed by atoms with E-state index in [2.05, 4.69) is 74.1 Å². The van der Waals surface area contributed by atoms with Crippen molar-refractivity contribution in [2.45, 2.75) is 6.92 Å². The highest BCUT2D eigenvalue weighted by Crippen LogP contribution is 2.27. The Hall–Kier alpha value is -0.670. The standard InChI is InChI=1S/C12H9Br2N/c1-8-3-2-4-9(5-8)10-6-11(13)12(14)15-7-10/h2-7H,1H3. The van der Waals surface area contributed by atoms with Crippen molar-refractivity contribution < 1.29 is 0 Å². The summed E-state index contributed by atoms with van der Waals surface area (Å²) in [5, 5.41) is 0. The molecule has 0 saturated carbocycles. The first-order valence-corrected chi connectivity index (χ1v) is 6.13. The fraction of sp³-hybridized carbons (Fsp3) is 0.0833. The van der Waals surface area contributed by atoms with Gasteiger partial charge in [-0.15, -0.1) is 0 Å². The molecule has 1 nitrogen and oxygen atoms in total. The van der Waals surface area contributed by atoms with Gasteiger partial charge in [-0.2, -0.15) is 0 Å². The Bertz CT molecular complexity index is 495. The van der Waals surface area contributed by atoms with E-state index >= 15 is 0 Å². The predicted octanol–water partition coefficient (Wildman–Crippen LogP) is 4.58. The molecule has 1 heterocycles. The number of rotatable bonds is 1. The molecule has 0 aliphatic rings. The van der Waals surface area contributed by atoms with Crippen molar-refractivity contribution in [3.63, 3.8) is 0 Å². The summed E-state index contributed by atoms with van der Waals surface area (Å²) in [6.45, 7) is 2.09. The molecule has 15 heavy (non-hydrogen) atoms. The topological polar surface area (TPSA) is 12.9 Å². The number of aromatic nitrogens is 1. The van der Waals surface area contributed by atoms with E-state index < -0.39 is 0 Å². The zero-order valence-corrected chi connectivity index (χ0v) is 11.3. The highest BCUT2D eigenvalue weighted by atomic mass is 79.9. The van der Waals surface area contributed by atoms with Crippen LogP contribution in [0.15, 0.2) is 45.6 Å². The van der Waals surface area contributed by atoms with Gasteiger partial charge in [0.05, 0.1) is 4.47 Å². The molecule has 0 N–H and O–H groups in total. The van der Waals surface area contributed by atoms with E-state index in [4.69, 9.17) is 0 Å². The van der Waals surface area contributed by atoms with Crippen molar-refractivity contribution >= 4 is 31.9 Å². The monoisotopic (exact) mass is 325 g/mol. The molecule has 1 aromatic heterocycles. The molecule has 1 aromatic carbocycles. The first-order valence-electron chi connectivity index (χ1n) is 4.55. The van der Waals surface area contributed by atoms with Crippen molar-refractivity contribution in [3.8, 4) is 11.1 Å². The third-order valence-electron chi connectivity index (χ3n) is 2.15. The van der Waals surface area contributed by atoms with Crippen LogP contribution in [0.25, 0.3) is 11.1 Å². The third kappa shape index (κ3) is 2.47. The Morgan fingerprint density at radius 1 is 1.07 bits per heavy atom. The highest BCUT2D eigenvalue weighted by Gasteiger charge is 2.02. The molecule has 0 atom stereocenters. The molecule has 3 heteroatoms. The Labute approximate surface area is 106 Å². The molecule has 0 bridgehead atoms. The molecule has 0 aliphatic heterocycles. The minimum Gasteiger partial charge on any atom is -0.248 e. The Morgan fingerprint density at radius 2 is 1.87 bits per heavy atom. The van der Waals surface area contributed by atoms with Crippen LogP contribution in [0.4, 0.5) is 0 Å². The van der Waals surface area contributed by atoms with E-state index in [0.717, 1.165) is 14.6 Å². The number of hydrogen-bond donors (Lipinski definition) is 0. The van der Waals surface area contributed by atoms with Gasteiger partial charge in [-0.25, -0.2) is 4.98 Å². The van der Waals surface area contributed by atoms with Gasteiger partial charge in [0.1, 0.15) is 4.60 Å². The Balaban J connectivity index is 2.50. The number of nitrogens with zero attached hydrogens (tertiary/aromatic N) is 1. The van der Waals surface area contributed by atoms with Gasteiger partial charge in [0.15, 0.2) is 0 Å². The maximum atomic E-state index is 4.25. The van der Waals surface area contributed by atoms with Gasteiger partial charge in [0.2, 0.25) is 0 Å². The Kier molecular flexibility index (Phi) is 3.22. The first kappa shape index (κ1) is 10.8. The van der Waals surface area contributed by atoms with E-state index in [9.17, 15) is 0 Å². The van der Waals surface area contributed by atoms with E-state index in [1.807, 2.05) is 6.20 Å². The fourth-order valence-corrected chi connectivity index (χ4v) is 1.97. The van der Waals surface area contributed by atoms with Crippen LogP contribution in [0.1, 0.15) is 5.56 Å². The molecule has 0 spiro atoms. The van der Waals surface area contributed by atoms with E-state index in [-0.39, 0.29) is 0 Å². The molecule has 0 saturated heterocycles. The zero-order chi connectivity index (χ0) is 10.8. The fourth-order valence-electron chi connectivity index (χ4n) is 1.40. The maximum Gasteiger partial charge on any atom is 0.120 e. The van der Waals surface area contributed by atoms with Gasteiger partial charge in [0.25, 0.3) is 0 Å². The highest BCUT2D eigenvalue weighted by molar-refractivity contribution is 9.13. The van der Waals surface area contributed by atoms with Gasteiger partial charge in [-0.05, 0) is 50.4 Å². The lowest BCUT2D eigenvalue weighted by molar-refractivity contribution is 1.25. The minimum atomic E-state index is 0.832. The average molecular weight is 327 g/mol. The summed E-state index contributed by atoms with van der Waals surface area (Å²) in [5.74, 6) is 0.